The highest BCUT2D eigenvalue weighted by molar-refractivity contribution is 7.92. The number of hydrogen-bond acceptors (Lipinski definition) is 4. The van der Waals surface area contributed by atoms with E-state index in [1.807, 2.05) is 76.2 Å². The van der Waals surface area contributed by atoms with E-state index >= 15 is 0 Å². The molecule has 0 saturated carbocycles. The Morgan fingerprint density at radius 1 is 1.03 bits per heavy atom. The second kappa shape index (κ2) is 12.6. The summed E-state index contributed by atoms with van der Waals surface area (Å²) in [5.41, 5.74) is 2.47. The van der Waals surface area contributed by atoms with Crippen molar-refractivity contribution in [2.45, 2.75) is 65.6 Å². The molecule has 0 saturated heterocycles. The number of aryl methyl sites for hydroxylation is 1. The maximum atomic E-state index is 13.3. The Morgan fingerprint density at radius 3 is 2.26 bits per heavy atom. The Balaban J connectivity index is 2.19. The smallest absolute Gasteiger partial charge is 0.243 e. The zero-order valence-electron chi connectivity index (χ0n) is 20.8. The molecule has 0 aromatic heterocycles. The zero-order chi connectivity index (χ0) is 25.3. The van der Waals surface area contributed by atoms with Crippen molar-refractivity contribution in [1.82, 2.24) is 10.2 Å². The van der Waals surface area contributed by atoms with Crippen LogP contribution >= 0.6 is 0 Å². The Morgan fingerprint density at radius 2 is 1.71 bits per heavy atom. The van der Waals surface area contributed by atoms with Gasteiger partial charge >= 0.3 is 0 Å². The molecule has 2 amide bonds. The van der Waals surface area contributed by atoms with Crippen LogP contribution in [0.25, 0.3) is 0 Å². The average molecular weight is 488 g/mol. The highest BCUT2D eigenvalue weighted by Gasteiger charge is 2.29. The summed E-state index contributed by atoms with van der Waals surface area (Å²) in [6.07, 6.45) is 2.13. The number of nitrogens with zero attached hydrogens (tertiary/aromatic N) is 2. The van der Waals surface area contributed by atoms with Crippen molar-refractivity contribution in [3.63, 3.8) is 0 Å². The van der Waals surface area contributed by atoms with E-state index in [0.29, 0.717) is 25.1 Å². The molecule has 8 heteroatoms. The zero-order valence-corrected chi connectivity index (χ0v) is 21.6. The lowest BCUT2D eigenvalue weighted by atomic mass is 10.1. The third-order valence-corrected chi connectivity index (χ3v) is 6.65. The summed E-state index contributed by atoms with van der Waals surface area (Å²) < 4.78 is 26.2. The van der Waals surface area contributed by atoms with Gasteiger partial charge in [0.05, 0.1) is 11.9 Å². The monoisotopic (exact) mass is 487 g/mol. The number of carbonyl (C=O) groups is 2. The minimum absolute atomic E-state index is 0.0344. The van der Waals surface area contributed by atoms with Crippen LogP contribution in [0, 0.1) is 6.92 Å². The van der Waals surface area contributed by atoms with Crippen LogP contribution in [0.5, 0.6) is 0 Å². The van der Waals surface area contributed by atoms with E-state index in [9.17, 15) is 18.0 Å². The molecule has 1 N–H and O–H groups in total. The lowest BCUT2D eigenvalue weighted by Gasteiger charge is -2.31. The topological polar surface area (TPSA) is 86.8 Å². The number of hydrogen-bond donors (Lipinski definition) is 1. The first kappa shape index (κ1) is 27.4. The standard InChI is InChI=1S/C26H37N3O4S/c1-6-24(26(31)27-20(2)3)28(19-22-13-8-7-9-14-22)25(30)16-11-17-29(34(5,32)33)23-15-10-12-21(4)18-23/h7-10,12-15,18,20,24H,6,11,16-17,19H2,1-5H3,(H,27,31)/t24-/m1/s1. The van der Waals surface area contributed by atoms with Crippen molar-refractivity contribution in [1.29, 1.82) is 0 Å². The number of anilines is 1. The number of benzene rings is 2. The fourth-order valence-electron chi connectivity index (χ4n) is 3.87. The molecule has 0 aliphatic carbocycles. The fraction of sp³-hybridized carbons (Fsp3) is 0.462. The highest BCUT2D eigenvalue weighted by atomic mass is 32.2. The molecule has 7 nitrogen and oxygen atoms in total. The SMILES string of the molecule is CC[C@H](C(=O)NC(C)C)N(Cc1ccccc1)C(=O)CCCN(c1cccc(C)c1)S(C)(=O)=O. The Labute approximate surface area is 204 Å². The summed E-state index contributed by atoms with van der Waals surface area (Å²) in [6.45, 7) is 8.07. The van der Waals surface area contributed by atoms with Gasteiger partial charge in [-0.25, -0.2) is 8.42 Å². The first-order valence-electron chi connectivity index (χ1n) is 11.7. The van der Waals surface area contributed by atoms with Gasteiger partial charge in [0.15, 0.2) is 0 Å². The van der Waals surface area contributed by atoms with E-state index in [1.54, 1.807) is 11.0 Å². The van der Waals surface area contributed by atoms with Gasteiger partial charge in [0, 0.05) is 25.6 Å². The van der Waals surface area contributed by atoms with Crippen molar-refractivity contribution < 1.29 is 18.0 Å². The molecule has 1 atom stereocenters. The normalized spacial score (nSPS) is 12.3. The first-order chi connectivity index (χ1) is 16.0. The van der Waals surface area contributed by atoms with E-state index in [1.165, 1.54) is 10.6 Å². The Hall–Kier alpha value is -2.87. The van der Waals surface area contributed by atoms with Crippen LogP contribution in [0.15, 0.2) is 54.6 Å². The minimum atomic E-state index is -3.51. The van der Waals surface area contributed by atoms with Crippen LogP contribution in [0.2, 0.25) is 0 Å². The Kier molecular flexibility index (Phi) is 10.1. The van der Waals surface area contributed by atoms with Gasteiger partial charge in [-0.05, 0) is 56.9 Å². The van der Waals surface area contributed by atoms with Crippen LogP contribution in [-0.4, -0.2) is 50.0 Å². The third kappa shape index (κ3) is 8.17. The van der Waals surface area contributed by atoms with Gasteiger partial charge in [-0.15, -0.1) is 0 Å². The van der Waals surface area contributed by atoms with Gasteiger partial charge in [0.2, 0.25) is 21.8 Å². The van der Waals surface area contributed by atoms with E-state index < -0.39 is 16.1 Å². The summed E-state index contributed by atoms with van der Waals surface area (Å²) in [5.74, 6) is -0.355. The first-order valence-corrected chi connectivity index (χ1v) is 13.6. The molecule has 0 bridgehead atoms. The fourth-order valence-corrected chi connectivity index (χ4v) is 4.82. The molecule has 34 heavy (non-hydrogen) atoms. The predicted octanol–water partition coefficient (Wildman–Crippen LogP) is 3.87. The largest absolute Gasteiger partial charge is 0.352 e. The Bertz CT molecular complexity index is 1050. The molecule has 0 aliphatic heterocycles. The van der Waals surface area contributed by atoms with Gasteiger partial charge in [0.1, 0.15) is 6.04 Å². The number of nitrogens with one attached hydrogen (secondary N) is 1. The minimum Gasteiger partial charge on any atom is -0.352 e. The highest BCUT2D eigenvalue weighted by Crippen LogP contribution is 2.20. The van der Waals surface area contributed by atoms with Gasteiger partial charge in [-0.2, -0.15) is 0 Å². The van der Waals surface area contributed by atoms with Gasteiger partial charge in [-0.1, -0.05) is 49.4 Å². The van der Waals surface area contributed by atoms with Crippen LogP contribution in [0.4, 0.5) is 5.69 Å². The molecule has 0 unspecified atom stereocenters. The molecule has 0 aliphatic rings. The van der Waals surface area contributed by atoms with Crippen molar-refractivity contribution in [2.75, 3.05) is 17.1 Å². The summed E-state index contributed by atoms with van der Waals surface area (Å²) in [7, 11) is -3.51. The second-order valence-electron chi connectivity index (χ2n) is 8.87. The van der Waals surface area contributed by atoms with E-state index in [0.717, 1.165) is 11.1 Å². The molecule has 0 radical (unpaired) electrons. The van der Waals surface area contributed by atoms with E-state index in [-0.39, 0.29) is 30.8 Å². The van der Waals surface area contributed by atoms with Crippen LogP contribution < -0.4 is 9.62 Å². The maximum Gasteiger partial charge on any atom is 0.243 e. The van der Waals surface area contributed by atoms with Crippen molar-refractivity contribution in [3.8, 4) is 0 Å². The summed E-state index contributed by atoms with van der Waals surface area (Å²) in [4.78, 5) is 27.8. The van der Waals surface area contributed by atoms with E-state index in [4.69, 9.17) is 0 Å². The lowest BCUT2D eigenvalue weighted by molar-refractivity contribution is -0.141. The molecule has 0 spiro atoms. The van der Waals surface area contributed by atoms with Crippen molar-refractivity contribution >= 4 is 27.5 Å². The lowest BCUT2D eigenvalue weighted by Crippen LogP contribution is -2.50. The molecule has 0 heterocycles. The molecule has 2 rings (SSSR count). The number of amides is 2. The molecular formula is C26H37N3O4S. The van der Waals surface area contributed by atoms with Crippen molar-refractivity contribution in [3.05, 3.63) is 65.7 Å². The maximum absolute atomic E-state index is 13.3. The van der Waals surface area contributed by atoms with Gasteiger partial charge in [0.25, 0.3) is 0 Å². The molecule has 2 aromatic rings. The van der Waals surface area contributed by atoms with Crippen LogP contribution in [0.1, 0.15) is 51.2 Å². The van der Waals surface area contributed by atoms with Crippen LogP contribution in [-0.2, 0) is 26.2 Å². The number of sulfonamides is 1. The molecular weight excluding hydrogens is 450 g/mol. The quantitative estimate of drug-likeness (QED) is 0.492. The third-order valence-electron chi connectivity index (χ3n) is 5.45. The van der Waals surface area contributed by atoms with Gasteiger partial charge in [-0.3, -0.25) is 13.9 Å². The molecule has 0 fully saturated rings. The average Bonchev–Trinajstić information content (AvgIpc) is 2.75. The van der Waals surface area contributed by atoms with Gasteiger partial charge < -0.3 is 10.2 Å². The van der Waals surface area contributed by atoms with E-state index in [2.05, 4.69) is 5.32 Å². The van der Waals surface area contributed by atoms with Crippen molar-refractivity contribution in [2.24, 2.45) is 0 Å². The summed E-state index contributed by atoms with van der Waals surface area (Å²) >= 11 is 0. The predicted molar refractivity (Wildman–Crippen MR) is 137 cm³/mol. The summed E-state index contributed by atoms with van der Waals surface area (Å²) in [6, 6.07) is 16.2. The number of rotatable bonds is 12. The second-order valence-corrected chi connectivity index (χ2v) is 10.8. The summed E-state index contributed by atoms with van der Waals surface area (Å²) in [5, 5.41) is 2.92. The molecule has 186 valence electrons. The molecule has 2 aromatic carbocycles. The number of carbonyl (C=O) groups excluding carboxylic acids is 2. The van der Waals surface area contributed by atoms with Crippen LogP contribution in [0.3, 0.4) is 0 Å².